The summed E-state index contributed by atoms with van der Waals surface area (Å²) in [4.78, 5) is 13.3. The van der Waals surface area contributed by atoms with E-state index in [1.54, 1.807) is 31.5 Å². The molecule has 1 fully saturated rings. The van der Waals surface area contributed by atoms with Crippen molar-refractivity contribution in [2.45, 2.75) is 32.7 Å². The van der Waals surface area contributed by atoms with Gasteiger partial charge in [-0.1, -0.05) is 13.0 Å². The predicted octanol–water partition coefficient (Wildman–Crippen LogP) is 3.98. The molecule has 0 aliphatic carbocycles. The number of phenolic OH excluding ortho intramolecular Hbond substituents is 1. The van der Waals surface area contributed by atoms with Gasteiger partial charge < -0.3 is 36.7 Å². The molecule has 2 aromatic heterocycles. The number of aliphatic imine (C=N–C) groups is 1. The van der Waals surface area contributed by atoms with Gasteiger partial charge in [-0.05, 0) is 72.9 Å². The molecule has 1 aliphatic rings. The molecule has 1 saturated heterocycles. The van der Waals surface area contributed by atoms with E-state index in [1.165, 1.54) is 0 Å². The molecule has 3 heterocycles. The second-order valence-corrected chi connectivity index (χ2v) is 9.95. The highest BCUT2D eigenvalue weighted by Crippen LogP contribution is 2.33. The van der Waals surface area contributed by atoms with Crippen LogP contribution in [0.3, 0.4) is 0 Å². The van der Waals surface area contributed by atoms with Crippen molar-refractivity contribution in [1.82, 2.24) is 9.61 Å². The third-order valence-electron chi connectivity index (χ3n) is 7.05. The number of carbonyl (C=O) groups is 1. The summed E-state index contributed by atoms with van der Waals surface area (Å²) in [5, 5.41) is 21.6. The molecular weight excluding hydrogens is 534 g/mol. The van der Waals surface area contributed by atoms with Gasteiger partial charge in [0.15, 0.2) is 0 Å². The van der Waals surface area contributed by atoms with E-state index < -0.39 is 0 Å². The molecule has 0 saturated carbocycles. The average molecular weight is 574 g/mol. The Bertz CT molecular complexity index is 1540. The zero-order chi connectivity index (χ0) is 30.1. The number of amides is 1. The van der Waals surface area contributed by atoms with E-state index in [2.05, 4.69) is 47.6 Å². The molecule has 11 heteroatoms. The number of nitrogens with one attached hydrogen (secondary N) is 2. The number of benzene rings is 2. The number of hydrogen-bond donors (Lipinski definition) is 5. The monoisotopic (exact) mass is 573 g/mol. The first-order chi connectivity index (χ1) is 20.4. The molecule has 4 aromatic rings. The summed E-state index contributed by atoms with van der Waals surface area (Å²) < 4.78 is 12.7. The van der Waals surface area contributed by atoms with Gasteiger partial charge in [-0.3, -0.25) is 4.79 Å². The van der Waals surface area contributed by atoms with Crippen molar-refractivity contribution in [1.29, 1.82) is 0 Å². The molecule has 222 valence electrons. The van der Waals surface area contributed by atoms with Crippen molar-refractivity contribution in [3.63, 3.8) is 0 Å². The molecule has 0 bridgehead atoms. The number of methoxy groups -OCH3 is 1. The van der Waals surface area contributed by atoms with E-state index in [0.717, 1.165) is 76.4 Å². The molecule has 42 heavy (non-hydrogen) atoms. The van der Waals surface area contributed by atoms with Crippen LogP contribution >= 0.6 is 0 Å². The van der Waals surface area contributed by atoms with Gasteiger partial charge in [0.25, 0.3) is 0 Å². The summed E-state index contributed by atoms with van der Waals surface area (Å²) in [5.41, 5.74) is 19.4. The molecule has 0 spiro atoms. The number of anilines is 2. The highest BCUT2D eigenvalue weighted by molar-refractivity contribution is 6.06. The van der Waals surface area contributed by atoms with Crippen LogP contribution in [0.5, 0.6) is 5.75 Å². The number of amidine groups is 1. The van der Waals surface area contributed by atoms with Crippen LogP contribution in [0.4, 0.5) is 17.1 Å². The first-order valence-electron chi connectivity index (χ1n) is 13.9. The number of ether oxygens (including phenoxy) is 2. The Kier molecular flexibility index (Phi) is 10.4. The Morgan fingerprint density at radius 1 is 1.29 bits per heavy atom. The lowest BCUT2D eigenvalue weighted by molar-refractivity contribution is -0.106. The van der Waals surface area contributed by atoms with Crippen LogP contribution in [0.25, 0.3) is 16.6 Å². The molecule has 1 unspecified atom stereocenters. The Hall–Kier alpha value is -4.61. The molecule has 1 atom stereocenters. The number of phenols is 1. The zero-order valence-electron chi connectivity index (χ0n) is 24.3. The van der Waals surface area contributed by atoms with E-state index in [0.29, 0.717) is 19.0 Å². The normalized spacial score (nSPS) is 14.8. The van der Waals surface area contributed by atoms with Gasteiger partial charge in [0.2, 0.25) is 6.41 Å². The fourth-order valence-electron chi connectivity index (χ4n) is 4.95. The lowest BCUT2D eigenvalue weighted by Crippen LogP contribution is -2.24. The third kappa shape index (κ3) is 7.17. The first-order valence-corrected chi connectivity index (χ1v) is 13.9. The smallest absolute Gasteiger partial charge is 0.204 e. The van der Waals surface area contributed by atoms with Crippen molar-refractivity contribution < 1.29 is 19.4 Å². The summed E-state index contributed by atoms with van der Waals surface area (Å²) in [6, 6.07) is 13.8. The fourth-order valence-corrected chi connectivity index (χ4v) is 4.95. The molecule has 7 N–H and O–H groups in total. The summed E-state index contributed by atoms with van der Waals surface area (Å²) in [6.45, 7) is 6.90. The molecule has 1 amide bonds. The van der Waals surface area contributed by atoms with E-state index in [-0.39, 0.29) is 18.2 Å². The van der Waals surface area contributed by atoms with E-state index >= 15 is 0 Å². The van der Waals surface area contributed by atoms with Crippen LogP contribution in [0.2, 0.25) is 0 Å². The minimum Gasteiger partial charge on any atom is -0.508 e. The van der Waals surface area contributed by atoms with Crippen LogP contribution in [0, 0.1) is 6.92 Å². The van der Waals surface area contributed by atoms with Gasteiger partial charge in [-0.25, -0.2) is 9.51 Å². The standard InChI is InChI=1S/C30H36N6O3.CH3NO/c1-4-20-14-24(37)6-8-27(20)35-30(31)26-16-33-36-17-21(15-28(36)29(26)34-23-9-11-39-18-23)25-7-5-22(13-19(25)2)32-10-12-38-3;2-1-3/h5-8,13-17,23,32,34,37H,4,9-12,18H2,1-3H3,(H2,31,35);1H,(H2,2,3). The lowest BCUT2D eigenvalue weighted by atomic mass is 10.0. The Morgan fingerprint density at radius 2 is 2.10 bits per heavy atom. The van der Waals surface area contributed by atoms with Crippen LogP contribution in [0.1, 0.15) is 30.0 Å². The summed E-state index contributed by atoms with van der Waals surface area (Å²) in [5.74, 6) is 0.572. The third-order valence-corrected chi connectivity index (χ3v) is 7.05. The quantitative estimate of drug-likeness (QED) is 0.0824. The number of carbonyl (C=O) groups excluding carboxylic acids is 1. The van der Waals surface area contributed by atoms with Gasteiger partial charge in [0.05, 0.1) is 47.9 Å². The van der Waals surface area contributed by atoms with Crippen molar-refractivity contribution in [3.05, 3.63) is 71.5 Å². The molecule has 11 nitrogen and oxygen atoms in total. The number of hydrogen-bond acceptors (Lipinski definition) is 8. The van der Waals surface area contributed by atoms with E-state index in [9.17, 15) is 5.11 Å². The number of fused-ring (bicyclic) bond motifs is 1. The van der Waals surface area contributed by atoms with E-state index in [4.69, 9.17) is 30.1 Å². The fraction of sp³-hybridized carbons (Fsp3) is 0.323. The second-order valence-electron chi connectivity index (χ2n) is 9.95. The number of aromatic nitrogens is 2. The number of nitrogens with zero attached hydrogens (tertiary/aromatic N) is 3. The summed E-state index contributed by atoms with van der Waals surface area (Å²) in [7, 11) is 1.70. The van der Waals surface area contributed by atoms with Crippen molar-refractivity contribution in [2.24, 2.45) is 16.5 Å². The van der Waals surface area contributed by atoms with Gasteiger partial charge in [0, 0.05) is 37.7 Å². The van der Waals surface area contributed by atoms with Gasteiger partial charge >= 0.3 is 0 Å². The topological polar surface area (TPSA) is 162 Å². The number of aryl methyl sites for hydroxylation is 2. The zero-order valence-corrected chi connectivity index (χ0v) is 24.3. The lowest BCUT2D eigenvalue weighted by Gasteiger charge is -2.17. The Balaban J connectivity index is 0.00000129. The first kappa shape index (κ1) is 30.4. The number of aromatic hydroxyl groups is 1. The van der Waals surface area contributed by atoms with Crippen LogP contribution < -0.4 is 22.1 Å². The van der Waals surface area contributed by atoms with Crippen LogP contribution in [-0.2, 0) is 20.7 Å². The van der Waals surface area contributed by atoms with Crippen molar-refractivity contribution in [2.75, 3.05) is 44.1 Å². The molecule has 0 radical (unpaired) electrons. The minimum absolute atomic E-state index is 0.167. The van der Waals surface area contributed by atoms with Crippen LogP contribution in [0.15, 0.2) is 59.9 Å². The SMILES string of the molecule is CCc1cc(O)ccc1N=C(N)c1cnn2cc(-c3ccc(NCCOC)cc3C)cc2c1NC1CCOC1.NC=O. The summed E-state index contributed by atoms with van der Waals surface area (Å²) >= 11 is 0. The maximum Gasteiger partial charge on any atom is 0.204 e. The van der Waals surface area contributed by atoms with Gasteiger partial charge in [-0.2, -0.15) is 5.10 Å². The highest BCUT2D eigenvalue weighted by atomic mass is 16.5. The molecule has 5 rings (SSSR count). The Labute approximate surface area is 245 Å². The molecule has 1 aliphatic heterocycles. The minimum atomic E-state index is 0.167. The maximum atomic E-state index is 9.90. The van der Waals surface area contributed by atoms with Crippen molar-refractivity contribution in [3.8, 4) is 16.9 Å². The molecule has 2 aromatic carbocycles. The maximum absolute atomic E-state index is 9.90. The second kappa shape index (κ2) is 14.3. The molecular formula is C31H39N7O4. The number of primary amides is 1. The number of rotatable bonds is 10. The average Bonchev–Trinajstić information content (AvgIpc) is 3.65. The van der Waals surface area contributed by atoms with E-state index in [1.807, 2.05) is 17.6 Å². The number of nitrogens with two attached hydrogens (primary N) is 2. The highest BCUT2D eigenvalue weighted by Gasteiger charge is 2.21. The predicted molar refractivity (Wildman–Crippen MR) is 167 cm³/mol. The van der Waals surface area contributed by atoms with Gasteiger partial charge in [0.1, 0.15) is 11.6 Å². The largest absolute Gasteiger partial charge is 0.508 e. The van der Waals surface area contributed by atoms with Crippen molar-refractivity contribution >= 4 is 34.8 Å². The Morgan fingerprint density at radius 3 is 2.79 bits per heavy atom. The van der Waals surface area contributed by atoms with Crippen LogP contribution in [-0.4, -0.2) is 66.5 Å². The summed E-state index contributed by atoms with van der Waals surface area (Å²) in [6.07, 6.45) is 5.69. The van der Waals surface area contributed by atoms with Gasteiger partial charge in [-0.15, -0.1) is 0 Å².